The van der Waals surface area contributed by atoms with Crippen LogP contribution in [0.15, 0.2) is 24.5 Å². The predicted octanol–water partition coefficient (Wildman–Crippen LogP) is -0.314. The molecule has 7 heteroatoms. The SMILES string of the molecule is CCc1nccn1-c1ccc(NN)nn1.O. The normalized spacial score (nSPS) is 9.62. The second-order valence-electron chi connectivity index (χ2n) is 2.99. The van der Waals surface area contributed by atoms with Crippen molar-refractivity contribution in [2.24, 2.45) is 5.84 Å². The van der Waals surface area contributed by atoms with Gasteiger partial charge in [0.05, 0.1) is 0 Å². The Hall–Kier alpha value is -1.99. The van der Waals surface area contributed by atoms with Crippen LogP contribution in [0.3, 0.4) is 0 Å². The molecule has 0 radical (unpaired) electrons. The zero-order valence-corrected chi connectivity index (χ0v) is 8.88. The van der Waals surface area contributed by atoms with Crippen LogP contribution in [0.5, 0.6) is 0 Å². The maximum atomic E-state index is 5.20. The fourth-order valence-electron chi connectivity index (χ4n) is 1.34. The van der Waals surface area contributed by atoms with E-state index in [-0.39, 0.29) is 5.48 Å². The Morgan fingerprint density at radius 1 is 1.38 bits per heavy atom. The van der Waals surface area contributed by atoms with Crippen molar-refractivity contribution in [1.82, 2.24) is 19.7 Å². The maximum Gasteiger partial charge on any atom is 0.162 e. The first-order valence-corrected chi connectivity index (χ1v) is 4.68. The molecule has 7 nitrogen and oxygen atoms in total. The van der Waals surface area contributed by atoms with E-state index in [9.17, 15) is 0 Å². The lowest BCUT2D eigenvalue weighted by molar-refractivity contribution is 0.824. The summed E-state index contributed by atoms with van der Waals surface area (Å²) in [6.07, 6.45) is 4.46. The van der Waals surface area contributed by atoms with Crippen molar-refractivity contribution in [2.45, 2.75) is 13.3 Å². The minimum atomic E-state index is 0. The minimum absolute atomic E-state index is 0. The standard InChI is InChI=1S/C9H12N6.H2O/c1-2-8-11-5-6-15(8)9-4-3-7(12-10)13-14-9;/h3-6H,2,10H2,1H3,(H,12,13);1H2. The zero-order chi connectivity index (χ0) is 10.7. The van der Waals surface area contributed by atoms with Gasteiger partial charge in [0.15, 0.2) is 11.6 Å². The molecular weight excluding hydrogens is 208 g/mol. The van der Waals surface area contributed by atoms with E-state index in [0.29, 0.717) is 5.82 Å². The van der Waals surface area contributed by atoms with Gasteiger partial charge in [0.2, 0.25) is 0 Å². The average molecular weight is 222 g/mol. The monoisotopic (exact) mass is 222 g/mol. The van der Waals surface area contributed by atoms with Crippen molar-refractivity contribution < 1.29 is 5.48 Å². The van der Waals surface area contributed by atoms with Gasteiger partial charge in [-0.25, -0.2) is 10.8 Å². The molecule has 2 heterocycles. The maximum absolute atomic E-state index is 5.20. The average Bonchev–Trinajstić information content (AvgIpc) is 2.77. The lowest BCUT2D eigenvalue weighted by Crippen LogP contribution is -2.10. The topological polar surface area (TPSA) is 113 Å². The summed E-state index contributed by atoms with van der Waals surface area (Å²) >= 11 is 0. The van der Waals surface area contributed by atoms with Crippen LogP contribution in [0.2, 0.25) is 0 Å². The third-order valence-electron chi connectivity index (χ3n) is 2.08. The first-order chi connectivity index (χ1) is 7.35. The molecule has 0 saturated heterocycles. The van der Waals surface area contributed by atoms with Crippen LogP contribution < -0.4 is 11.3 Å². The van der Waals surface area contributed by atoms with E-state index in [0.717, 1.165) is 18.1 Å². The van der Waals surface area contributed by atoms with Gasteiger partial charge < -0.3 is 10.9 Å². The van der Waals surface area contributed by atoms with Crippen molar-refractivity contribution >= 4 is 5.82 Å². The highest BCUT2D eigenvalue weighted by Crippen LogP contribution is 2.08. The molecule has 0 aliphatic rings. The Balaban J connectivity index is 0.00000128. The van der Waals surface area contributed by atoms with Crippen molar-refractivity contribution in [3.8, 4) is 5.82 Å². The molecule has 86 valence electrons. The summed E-state index contributed by atoms with van der Waals surface area (Å²) in [5.74, 6) is 7.44. The number of nitrogens with one attached hydrogen (secondary N) is 1. The van der Waals surface area contributed by atoms with E-state index in [1.165, 1.54) is 0 Å². The van der Waals surface area contributed by atoms with E-state index in [1.807, 2.05) is 23.8 Å². The van der Waals surface area contributed by atoms with E-state index >= 15 is 0 Å². The molecule has 0 fully saturated rings. The molecule has 16 heavy (non-hydrogen) atoms. The molecule has 0 spiro atoms. The van der Waals surface area contributed by atoms with E-state index < -0.39 is 0 Å². The number of nitrogens with two attached hydrogens (primary N) is 1. The van der Waals surface area contributed by atoms with Gasteiger partial charge in [-0.3, -0.25) is 4.57 Å². The molecule has 0 unspecified atom stereocenters. The van der Waals surface area contributed by atoms with Crippen LogP contribution in [0.4, 0.5) is 5.82 Å². The van der Waals surface area contributed by atoms with Gasteiger partial charge in [0, 0.05) is 18.8 Å². The highest BCUT2D eigenvalue weighted by Gasteiger charge is 2.04. The summed E-state index contributed by atoms with van der Waals surface area (Å²) in [6, 6.07) is 3.60. The van der Waals surface area contributed by atoms with Gasteiger partial charge in [-0.1, -0.05) is 6.92 Å². The third-order valence-corrected chi connectivity index (χ3v) is 2.08. The van der Waals surface area contributed by atoms with Crippen molar-refractivity contribution in [2.75, 3.05) is 5.43 Å². The smallest absolute Gasteiger partial charge is 0.162 e. The quantitative estimate of drug-likeness (QED) is 0.546. The Morgan fingerprint density at radius 2 is 2.19 bits per heavy atom. The Labute approximate surface area is 92.6 Å². The number of rotatable bonds is 3. The number of anilines is 1. The van der Waals surface area contributed by atoms with Crippen LogP contribution in [0.25, 0.3) is 5.82 Å². The lowest BCUT2D eigenvalue weighted by Gasteiger charge is -2.04. The first-order valence-electron chi connectivity index (χ1n) is 4.68. The zero-order valence-electron chi connectivity index (χ0n) is 8.88. The number of hydrogen-bond donors (Lipinski definition) is 2. The summed E-state index contributed by atoms with van der Waals surface area (Å²) in [6.45, 7) is 2.04. The van der Waals surface area contributed by atoms with Crippen LogP contribution in [0, 0.1) is 0 Å². The Bertz CT molecular complexity index is 438. The highest BCUT2D eigenvalue weighted by molar-refractivity contribution is 5.35. The van der Waals surface area contributed by atoms with Gasteiger partial charge in [0.25, 0.3) is 0 Å². The third kappa shape index (κ3) is 2.15. The van der Waals surface area contributed by atoms with Crippen LogP contribution >= 0.6 is 0 Å². The molecular formula is C9H14N6O. The van der Waals surface area contributed by atoms with Gasteiger partial charge >= 0.3 is 0 Å². The number of hydrogen-bond acceptors (Lipinski definition) is 5. The molecule has 2 rings (SSSR count). The summed E-state index contributed by atoms with van der Waals surface area (Å²) < 4.78 is 1.90. The van der Waals surface area contributed by atoms with Gasteiger partial charge in [-0.15, -0.1) is 10.2 Å². The van der Waals surface area contributed by atoms with Gasteiger partial charge in [0.1, 0.15) is 5.82 Å². The van der Waals surface area contributed by atoms with E-state index in [1.54, 1.807) is 12.3 Å². The number of nitrogens with zero attached hydrogens (tertiary/aromatic N) is 4. The Morgan fingerprint density at radius 3 is 2.75 bits per heavy atom. The van der Waals surface area contributed by atoms with Gasteiger partial charge in [-0.05, 0) is 12.1 Å². The number of aromatic nitrogens is 4. The predicted molar refractivity (Wildman–Crippen MR) is 60.0 cm³/mol. The molecule has 2 aromatic heterocycles. The van der Waals surface area contributed by atoms with Crippen molar-refractivity contribution in [3.63, 3.8) is 0 Å². The Kier molecular flexibility index (Phi) is 3.92. The summed E-state index contributed by atoms with van der Waals surface area (Å²) in [7, 11) is 0. The number of hydrazine groups is 1. The molecule has 0 aliphatic carbocycles. The highest BCUT2D eigenvalue weighted by atomic mass is 16.0. The fraction of sp³-hybridized carbons (Fsp3) is 0.222. The first kappa shape index (κ1) is 12.1. The van der Waals surface area contributed by atoms with Crippen LogP contribution in [-0.4, -0.2) is 25.2 Å². The summed E-state index contributed by atoms with van der Waals surface area (Å²) in [4.78, 5) is 4.21. The molecule has 0 atom stereocenters. The van der Waals surface area contributed by atoms with E-state index in [2.05, 4.69) is 20.6 Å². The molecule has 0 saturated carbocycles. The molecule has 2 aromatic rings. The summed E-state index contributed by atoms with van der Waals surface area (Å²) in [5, 5.41) is 7.92. The van der Waals surface area contributed by atoms with Crippen LogP contribution in [-0.2, 0) is 6.42 Å². The lowest BCUT2D eigenvalue weighted by atomic mass is 10.4. The molecule has 0 amide bonds. The number of imidazole rings is 1. The largest absolute Gasteiger partial charge is 0.412 e. The summed E-state index contributed by atoms with van der Waals surface area (Å²) in [5.41, 5.74) is 2.43. The van der Waals surface area contributed by atoms with Crippen LogP contribution in [0.1, 0.15) is 12.7 Å². The molecule has 0 aromatic carbocycles. The second-order valence-corrected chi connectivity index (χ2v) is 2.99. The van der Waals surface area contributed by atoms with Gasteiger partial charge in [-0.2, -0.15) is 0 Å². The van der Waals surface area contributed by atoms with E-state index in [4.69, 9.17) is 5.84 Å². The number of aryl methyl sites for hydroxylation is 1. The molecule has 5 N–H and O–H groups in total. The fourth-order valence-corrected chi connectivity index (χ4v) is 1.34. The second kappa shape index (κ2) is 5.19. The molecule has 0 bridgehead atoms. The molecule has 0 aliphatic heterocycles. The van der Waals surface area contributed by atoms with Crippen molar-refractivity contribution in [3.05, 3.63) is 30.4 Å². The van der Waals surface area contributed by atoms with Crippen molar-refractivity contribution in [1.29, 1.82) is 0 Å². The minimum Gasteiger partial charge on any atom is -0.412 e. The number of nitrogen functional groups attached to an aromatic ring is 1.